The first-order chi connectivity index (χ1) is 7.47. The van der Waals surface area contributed by atoms with E-state index in [1.54, 1.807) is 6.92 Å². The summed E-state index contributed by atoms with van der Waals surface area (Å²) in [4.78, 5) is -0.0624. The van der Waals surface area contributed by atoms with Gasteiger partial charge in [0, 0.05) is 6.54 Å². The number of benzene rings is 1. The molecule has 1 aromatic rings. The van der Waals surface area contributed by atoms with E-state index in [1.807, 2.05) is 0 Å². The molecule has 0 saturated carbocycles. The van der Waals surface area contributed by atoms with Gasteiger partial charge < -0.3 is 5.73 Å². The van der Waals surface area contributed by atoms with Crippen molar-refractivity contribution in [3.63, 3.8) is 0 Å². The number of sulfonamides is 1. The lowest BCUT2D eigenvalue weighted by Gasteiger charge is -2.06. The lowest BCUT2D eigenvalue weighted by atomic mass is 10.2. The van der Waals surface area contributed by atoms with Crippen LogP contribution in [0.25, 0.3) is 0 Å². The quantitative estimate of drug-likeness (QED) is 0.797. The van der Waals surface area contributed by atoms with E-state index in [0.29, 0.717) is 18.5 Å². The van der Waals surface area contributed by atoms with Gasteiger partial charge in [-0.25, -0.2) is 17.5 Å². The predicted molar refractivity (Wildman–Crippen MR) is 67.2 cm³/mol. The number of nitrogens with one attached hydrogen (secondary N) is 1. The van der Waals surface area contributed by atoms with Gasteiger partial charge in [-0.15, -0.1) is 12.4 Å². The van der Waals surface area contributed by atoms with E-state index in [9.17, 15) is 12.8 Å². The van der Waals surface area contributed by atoms with Crippen molar-refractivity contribution in [2.24, 2.45) is 5.73 Å². The first-order valence-electron chi connectivity index (χ1n) is 4.93. The maximum absolute atomic E-state index is 13.2. The molecule has 0 bridgehead atoms. The molecule has 0 aliphatic rings. The second-order valence-electron chi connectivity index (χ2n) is 3.45. The minimum atomic E-state index is -3.62. The number of nitrogens with two attached hydrogens (primary N) is 1. The number of hydrogen-bond acceptors (Lipinski definition) is 3. The van der Waals surface area contributed by atoms with Crippen molar-refractivity contribution in [1.29, 1.82) is 0 Å². The van der Waals surface area contributed by atoms with Gasteiger partial charge in [0.25, 0.3) is 0 Å². The molecule has 17 heavy (non-hydrogen) atoms. The van der Waals surface area contributed by atoms with Crippen LogP contribution in [0, 0.1) is 12.7 Å². The van der Waals surface area contributed by atoms with Crippen molar-refractivity contribution in [2.75, 3.05) is 13.1 Å². The van der Waals surface area contributed by atoms with E-state index < -0.39 is 15.8 Å². The van der Waals surface area contributed by atoms with Gasteiger partial charge in [0.1, 0.15) is 5.82 Å². The Morgan fingerprint density at radius 3 is 2.59 bits per heavy atom. The van der Waals surface area contributed by atoms with Crippen LogP contribution in [-0.4, -0.2) is 21.5 Å². The number of rotatable bonds is 5. The van der Waals surface area contributed by atoms with Crippen molar-refractivity contribution < 1.29 is 12.8 Å². The Hall–Kier alpha value is -0.690. The minimum Gasteiger partial charge on any atom is -0.330 e. The summed E-state index contributed by atoms with van der Waals surface area (Å²) in [7, 11) is -3.62. The van der Waals surface area contributed by atoms with Crippen molar-refractivity contribution in [3.05, 3.63) is 29.6 Å². The van der Waals surface area contributed by atoms with Crippen LogP contribution in [-0.2, 0) is 10.0 Å². The maximum Gasteiger partial charge on any atom is 0.240 e. The van der Waals surface area contributed by atoms with E-state index in [2.05, 4.69) is 4.72 Å². The van der Waals surface area contributed by atoms with Gasteiger partial charge in [-0.2, -0.15) is 0 Å². The third-order valence-electron chi connectivity index (χ3n) is 2.13. The molecule has 0 atom stereocenters. The molecule has 0 radical (unpaired) electrons. The van der Waals surface area contributed by atoms with Crippen LogP contribution in [0.3, 0.4) is 0 Å². The summed E-state index contributed by atoms with van der Waals surface area (Å²) >= 11 is 0. The van der Waals surface area contributed by atoms with Crippen LogP contribution < -0.4 is 10.5 Å². The van der Waals surface area contributed by atoms with E-state index in [0.717, 1.165) is 6.07 Å². The molecule has 3 N–H and O–H groups in total. The van der Waals surface area contributed by atoms with Crippen molar-refractivity contribution in [2.45, 2.75) is 18.2 Å². The van der Waals surface area contributed by atoms with Gasteiger partial charge in [0.2, 0.25) is 10.0 Å². The first kappa shape index (κ1) is 16.3. The van der Waals surface area contributed by atoms with E-state index in [-0.39, 0.29) is 23.8 Å². The van der Waals surface area contributed by atoms with Gasteiger partial charge in [0.05, 0.1) is 4.90 Å². The highest BCUT2D eigenvalue weighted by Gasteiger charge is 2.14. The third kappa shape index (κ3) is 4.59. The molecule has 7 heteroatoms. The molecule has 1 rings (SSSR count). The standard InChI is InChI=1S/C10H15FN2O2S.ClH/c1-8-3-4-9(7-10(8)11)16(14,15)13-6-2-5-12;/h3-4,7,13H,2,5-6,12H2,1H3;1H. The summed E-state index contributed by atoms with van der Waals surface area (Å²) in [6, 6.07) is 3.83. The third-order valence-corrected chi connectivity index (χ3v) is 3.59. The first-order valence-corrected chi connectivity index (χ1v) is 6.41. The van der Waals surface area contributed by atoms with E-state index >= 15 is 0 Å². The predicted octanol–water partition coefficient (Wildman–Crippen LogP) is 1.18. The fourth-order valence-corrected chi connectivity index (χ4v) is 2.22. The minimum absolute atomic E-state index is 0. The summed E-state index contributed by atoms with van der Waals surface area (Å²) in [6.07, 6.45) is 0.549. The number of hydrogen-bond donors (Lipinski definition) is 2. The highest BCUT2D eigenvalue weighted by Crippen LogP contribution is 2.13. The van der Waals surface area contributed by atoms with Gasteiger partial charge in [-0.05, 0) is 37.6 Å². The van der Waals surface area contributed by atoms with Crippen LogP contribution >= 0.6 is 12.4 Å². The molecule has 0 aliphatic carbocycles. The van der Waals surface area contributed by atoms with Gasteiger partial charge in [-0.1, -0.05) is 6.07 Å². The zero-order valence-electron chi connectivity index (χ0n) is 9.44. The topological polar surface area (TPSA) is 72.2 Å². The lowest BCUT2D eigenvalue weighted by molar-refractivity contribution is 0.575. The fourth-order valence-electron chi connectivity index (χ4n) is 1.13. The van der Waals surface area contributed by atoms with Crippen LogP contribution in [0.4, 0.5) is 4.39 Å². The smallest absolute Gasteiger partial charge is 0.240 e. The molecule has 98 valence electrons. The molecule has 4 nitrogen and oxygen atoms in total. The average Bonchev–Trinajstić information content (AvgIpc) is 2.22. The Balaban J connectivity index is 0.00000256. The van der Waals surface area contributed by atoms with E-state index in [1.165, 1.54) is 12.1 Å². The molecular weight excluding hydrogens is 267 g/mol. The molecule has 0 heterocycles. The van der Waals surface area contributed by atoms with Gasteiger partial charge >= 0.3 is 0 Å². The van der Waals surface area contributed by atoms with Crippen LogP contribution in [0.2, 0.25) is 0 Å². The molecule has 0 spiro atoms. The zero-order chi connectivity index (χ0) is 12.2. The van der Waals surface area contributed by atoms with Crippen molar-refractivity contribution >= 4 is 22.4 Å². The maximum atomic E-state index is 13.2. The second kappa shape index (κ2) is 6.90. The highest BCUT2D eigenvalue weighted by atomic mass is 35.5. The molecule has 0 saturated heterocycles. The molecule has 0 unspecified atom stereocenters. The monoisotopic (exact) mass is 282 g/mol. The molecule has 1 aromatic carbocycles. The Morgan fingerprint density at radius 2 is 2.06 bits per heavy atom. The van der Waals surface area contributed by atoms with Crippen LogP contribution in [0.15, 0.2) is 23.1 Å². The molecular formula is C10H16ClFN2O2S. The fraction of sp³-hybridized carbons (Fsp3) is 0.400. The Morgan fingerprint density at radius 1 is 1.41 bits per heavy atom. The van der Waals surface area contributed by atoms with Crippen LogP contribution in [0.1, 0.15) is 12.0 Å². The van der Waals surface area contributed by atoms with Gasteiger partial charge in [-0.3, -0.25) is 0 Å². The largest absolute Gasteiger partial charge is 0.330 e. The average molecular weight is 283 g/mol. The number of halogens is 2. The SMILES string of the molecule is Cc1ccc(S(=O)(=O)NCCCN)cc1F.Cl. The second-order valence-corrected chi connectivity index (χ2v) is 5.22. The van der Waals surface area contributed by atoms with Crippen molar-refractivity contribution in [3.8, 4) is 0 Å². The Bertz CT molecular complexity index is 465. The molecule has 0 aliphatic heterocycles. The zero-order valence-corrected chi connectivity index (χ0v) is 11.1. The number of aryl methyl sites for hydroxylation is 1. The summed E-state index contributed by atoms with van der Waals surface area (Å²) in [5.74, 6) is -0.526. The normalized spacial score (nSPS) is 11.0. The van der Waals surface area contributed by atoms with E-state index in [4.69, 9.17) is 5.73 Å². The highest BCUT2D eigenvalue weighted by molar-refractivity contribution is 7.89. The summed E-state index contributed by atoms with van der Waals surface area (Å²) < 4.78 is 38.8. The molecule has 0 fully saturated rings. The lowest BCUT2D eigenvalue weighted by Crippen LogP contribution is -2.26. The molecule has 0 aromatic heterocycles. The van der Waals surface area contributed by atoms with Crippen LogP contribution in [0.5, 0.6) is 0 Å². The summed E-state index contributed by atoms with van der Waals surface area (Å²) in [6.45, 7) is 2.24. The van der Waals surface area contributed by atoms with Crippen molar-refractivity contribution in [1.82, 2.24) is 4.72 Å². The summed E-state index contributed by atoms with van der Waals surface area (Å²) in [5.41, 5.74) is 5.66. The molecule has 0 amide bonds. The van der Waals surface area contributed by atoms with Gasteiger partial charge in [0.15, 0.2) is 0 Å². The Kier molecular flexibility index (Phi) is 6.62. The summed E-state index contributed by atoms with van der Waals surface area (Å²) in [5, 5.41) is 0. The Labute approximate surface area is 107 Å².